The van der Waals surface area contributed by atoms with E-state index in [4.69, 9.17) is 21.8 Å². The third kappa shape index (κ3) is 2.65. The number of hydrogen-bond acceptors (Lipinski definition) is 5. The van der Waals surface area contributed by atoms with E-state index in [1.165, 1.54) is 11.3 Å². The predicted octanol–water partition coefficient (Wildman–Crippen LogP) is 3.43. The van der Waals surface area contributed by atoms with E-state index in [9.17, 15) is 4.21 Å². The third-order valence-corrected chi connectivity index (χ3v) is 5.04. The molecule has 0 aliphatic carbocycles. The quantitative estimate of drug-likeness (QED) is 0.752. The van der Waals surface area contributed by atoms with E-state index >= 15 is 0 Å². The number of halogens is 1. The van der Waals surface area contributed by atoms with E-state index in [1.54, 1.807) is 24.3 Å². The SMILES string of the molecule is Nc1ccc2oc(S(=O)Cc3ccc(Cl)s3)nc2c1. The Bertz CT molecular complexity index is 766. The van der Waals surface area contributed by atoms with E-state index in [-0.39, 0.29) is 5.22 Å². The summed E-state index contributed by atoms with van der Waals surface area (Å²) in [5.74, 6) is 0.347. The highest BCUT2D eigenvalue weighted by Gasteiger charge is 2.14. The van der Waals surface area contributed by atoms with Crippen LogP contribution in [0.25, 0.3) is 11.1 Å². The molecule has 1 atom stereocenters. The van der Waals surface area contributed by atoms with E-state index in [0.29, 0.717) is 26.9 Å². The van der Waals surface area contributed by atoms with Crippen molar-refractivity contribution in [2.45, 2.75) is 11.0 Å². The first-order chi connectivity index (χ1) is 9.11. The summed E-state index contributed by atoms with van der Waals surface area (Å²) < 4.78 is 18.3. The summed E-state index contributed by atoms with van der Waals surface area (Å²) in [4.78, 5) is 5.14. The Hall–Kier alpha value is -1.37. The molecule has 0 bridgehead atoms. The molecule has 0 saturated heterocycles. The molecule has 1 unspecified atom stereocenters. The van der Waals surface area contributed by atoms with Gasteiger partial charge in [0.2, 0.25) is 0 Å². The van der Waals surface area contributed by atoms with Crippen LogP contribution >= 0.6 is 22.9 Å². The van der Waals surface area contributed by atoms with Gasteiger partial charge in [-0.05, 0) is 30.3 Å². The monoisotopic (exact) mass is 312 g/mol. The minimum atomic E-state index is -1.33. The number of anilines is 1. The van der Waals surface area contributed by atoms with Crippen LogP contribution in [0, 0.1) is 0 Å². The maximum absolute atomic E-state index is 12.2. The van der Waals surface area contributed by atoms with Gasteiger partial charge < -0.3 is 10.2 Å². The fraction of sp³-hybridized carbons (Fsp3) is 0.0833. The molecule has 19 heavy (non-hydrogen) atoms. The molecule has 3 rings (SSSR count). The molecule has 7 heteroatoms. The standard InChI is InChI=1S/C12H9ClN2O2S2/c13-11-4-2-8(18-11)6-19(16)12-15-9-5-7(14)1-3-10(9)17-12/h1-5H,6,14H2. The van der Waals surface area contributed by atoms with E-state index < -0.39 is 10.8 Å². The van der Waals surface area contributed by atoms with Crippen molar-refractivity contribution in [3.05, 3.63) is 39.5 Å². The molecule has 1 aromatic carbocycles. The van der Waals surface area contributed by atoms with Gasteiger partial charge in [0.1, 0.15) is 16.3 Å². The minimum Gasteiger partial charge on any atom is -0.430 e. The first kappa shape index (κ1) is 12.7. The number of nitrogen functional groups attached to an aromatic ring is 1. The van der Waals surface area contributed by atoms with Crippen LogP contribution in [-0.4, -0.2) is 9.19 Å². The largest absolute Gasteiger partial charge is 0.430 e. The Kier molecular flexibility index (Phi) is 3.30. The van der Waals surface area contributed by atoms with Crippen molar-refractivity contribution >= 4 is 50.5 Å². The van der Waals surface area contributed by atoms with Gasteiger partial charge in [-0.15, -0.1) is 11.3 Å². The summed E-state index contributed by atoms with van der Waals surface area (Å²) in [6.07, 6.45) is 0. The highest BCUT2D eigenvalue weighted by molar-refractivity contribution is 7.84. The maximum Gasteiger partial charge on any atom is 0.288 e. The van der Waals surface area contributed by atoms with Crippen LogP contribution in [0.15, 0.2) is 40.0 Å². The molecule has 0 fully saturated rings. The van der Waals surface area contributed by atoms with Crippen molar-refractivity contribution in [1.82, 2.24) is 4.98 Å². The van der Waals surface area contributed by atoms with Gasteiger partial charge in [0.05, 0.1) is 10.1 Å². The number of thiophene rings is 1. The first-order valence-electron chi connectivity index (χ1n) is 5.40. The van der Waals surface area contributed by atoms with Crippen molar-refractivity contribution < 1.29 is 8.63 Å². The van der Waals surface area contributed by atoms with Gasteiger partial charge in [0.25, 0.3) is 5.22 Å². The lowest BCUT2D eigenvalue weighted by atomic mass is 10.3. The zero-order chi connectivity index (χ0) is 13.4. The van der Waals surface area contributed by atoms with Crippen LogP contribution in [-0.2, 0) is 16.6 Å². The number of oxazole rings is 1. The van der Waals surface area contributed by atoms with Crippen molar-refractivity contribution in [3.63, 3.8) is 0 Å². The lowest BCUT2D eigenvalue weighted by Crippen LogP contribution is -1.94. The van der Waals surface area contributed by atoms with E-state index in [2.05, 4.69) is 4.98 Å². The van der Waals surface area contributed by atoms with Crippen LogP contribution < -0.4 is 5.73 Å². The maximum atomic E-state index is 12.2. The second-order valence-corrected chi connectivity index (χ2v) is 7.03. The predicted molar refractivity (Wildman–Crippen MR) is 77.9 cm³/mol. The summed E-state index contributed by atoms with van der Waals surface area (Å²) in [6, 6.07) is 8.78. The van der Waals surface area contributed by atoms with Gasteiger partial charge in [0.15, 0.2) is 5.58 Å². The zero-order valence-electron chi connectivity index (χ0n) is 9.63. The molecular formula is C12H9ClN2O2S2. The van der Waals surface area contributed by atoms with Gasteiger partial charge in [-0.2, -0.15) is 0 Å². The number of aromatic nitrogens is 1. The van der Waals surface area contributed by atoms with Gasteiger partial charge >= 0.3 is 0 Å². The fourth-order valence-corrected chi connectivity index (χ4v) is 3.94. The highest BCUT2D eigenvalue weighted by Crippen LogP contribution is 2.25. The molecule has 0 aliphatic rings. The number of hydrogen-bond donors (Lipinski definition) is 1. The van der Waals surface area contributed by atoms with E-state index in [0.717, 1.165) is 4.88 Å². The Morgan fingerprint density at radius 3 is 2.95 bits per heavy atom. The first-order valence-corrected chi connectivity index (χ1v) is 7.92. The summed E-state index contributed by atoms with van der Waals surface area (Å²) in [7, 11) is -1.33. The highest BCUT2D eigenvalue weighted by atomic mass is 35.5. The molecule has 0 saturated carbocycles. The number of nitrogens with zero attached hydrogens (tertiary/aromatic N) is 1. The molecule has 2 N–H and O–H groups in total. The van der Waals surface area contributed by atoms with Gasteiger partial charge in [0, 0.05) is 10.6 Å². The smallest absolute Gasteiger partial charge is 0.288 e. The van der Waals surface area contributed by atoms with Gasteiger partial charge in [-0.3, -0.25) is 0 Å². The topological polar surface area (TPSA) is 69.1 Å². The van der Waals surface area contributed by atoms with Crippen LogP contribution in [0.2, 0.25) is 4.34 Å². The number of nitrogens with two attached hydrogens (primary N) is 1. The van der Waals surface area contributed by atoms with Gasteiger partial charge in [-0.1, -0.05) is 11.6 Å². The van der Waals surface area contributed by atoms with Crippen molar-refractivity contribution in [3.8, 4) is 0 Å². The zero-order valence-corrected chi connectivity index (χ0v) is 12.0. The van der Waals surface area contributed by atoms with Crippen LogP contribution in [0.4, 0.5) is 5.69 Å². The summed E-state index contributed by atoms with van der Waals surface area (Å²) >= 11 is 7.24. The van der Waals surface area contributed by atoms with Gasteiger partial charge in [-0.25, -0.2) is 9.19 Å². The Balaban J connectivity index is 1.89. The van der Waals surface area contributed by atoms with Crippen LogP contribution in [0.3, 0.4) is 0 Å². The molecule has 2 heterocycles. The number of benzene rings is 1. The second-order valence-electron chi connectivity index (χ2n) is 3.90. The summed E-state index contributed by atoms with van der Waals surface area (Å²) in [5, 5.41) is 0.213. The third-order valence-electron chi connectivity index (χ3n) is 2.49. The number of rotatable bonds is 3. The van der Waals surface area contributed by atoms with Crippen LogP contribution in [0.5, 0.6) is 0 Å². The molecule has 0 spiro atoms. The lowest BCUT2D eigenvalue weighted by Gasteiger charge is -1.93. The fourth-order valence-electron chi connectivity index (χ4n) is 1.64. The number of fused-ring (bicyclic) bond motifs is 1. The Labute approximate surface area is 120 Å². The van der Waals surface area contributed by atoms with Crippen LogP contribution in [0.1, 0.15) is 4.88 Å². The average Bonchev–Trinajstić information content (AvgIpc) is 2.95. The van der Waals surface area contributed by atoms with Crippen molar-refractivity contribution in [2.75, 3.05) is 5.73 Å². The van der Waals surface area contributed by atoms with Crippen molar-refractivity contribution in [1.29, 1.82) is 0 Å². The van der Waals surface area contributed by atoms with E-state index in [1.807, 2.05) is 6.07 Å². The minimum absolute atomic E-state index is 0.213. The average molecular weight is 313 g/mol. The normalized spacial score (nSPS) is 12.9. The lowest BCUT2D eigenvalue weighted by molar-refractivity contribution is 0.477. The molecule has 98 valence electrons. The molecule has 0 radical (unpaired) electrons. The Morgan fingerprint density at radius 2 is 2.21 bits per heavy atom. The second kappa shape index (κ2) is 4.96. The Morgan fingerprint density at radius 1 is 1.37 bits per heavy atom. The molecule has 0 aliphatic heterocycles. The molecule has 0 amide bonds. The van der Waals surface area contributed by atoms with Crippen molar-refractivity contribution in [2.24, 2.45) is 0 Å². The molecule has 4 nitrogen and oxygen atoms in total. The summed E-state index contributed by atoms with van der Waals surface area (Å²) in [5.41, 5.74) is 7.47. The molecular weight excluding hydrogens is 304 g/mol. The summed E-state index contributed by atoms with van der Waals surface area (Å²) in [6.45, 7) is 0. The molecule has 3 aromatic rings. The molecule has 2 aromatic heterocycles.